The highest BCUT2D eigenvalue weighted by atomic mass is 15.1. The molecule has 0 spiro atoms. The fourth-order valence-electron chi connectivity index (χ4n) is 3.00. The lowest BCUT2D eigenvalue weighted by atomic mass is 9.96. The van der Waals surface area contributed by atoms with Gasteiger partial charge in [-0.05, 0) is 26.3 Å². The predicted octanol–water partition coefficient (Wildman–Crippen LogP) is 2.98. The van der Waals surface area contributed by atoms with Gasteiger partial charge >= 0.3 is 0 Å². The Labute approximate surface area is 104 Å². The predicted molar refractivity (Wildman–Crippen MR) is 71.1 cm³/mol. The van der Waals surface area contributed by atoms with Crippen LogP contribution in [0.5, 0.6) is 0 Å². The molecule has 1 aliphatic rings. The van der Waals surface area contributed by atoms with Crippen molar-refractivity contribution in [3.63, 3.8) is 0 Å². The molecule has 1 fully saturated rings. The van der Waals surface area contributed by atoms with Crippen molar-refractivity contribution in [3.8, 4) is 0 Å². The van der Waals surface area contributed by atoms with Gasteiger partial charge in [-0.15, -0.1) is 0 Å². The van der Waals surface area contributed by atoms with E-state index < -0.39 is 0 Å². The summed E-state index contributed by atoms with van der Waals surface area (Å²) in [4.78, 5) is 4.52. The summed E-state index contributed by atoms with van der Waals surface area (Å²) < 4.78 is 2.46. The maximum Gasteiger partial charge on any atom is 0.110 e. The van der Waals surface area contributed by atoms with Crippen molar-refractivity contribution in [3.05, 3.63) is 17.7 Å². The van der Waals surface area contributed by atoms with Crippen LogP contribution in [0.2, 0.25) is 0 Å². The van der Waals surface area contributed by atoms with Crippen molar-refractivity contribution in [2.24, 2.45) is 5.73 Å². The summed E-state index contributed by atoms with van der Waals surface area (Å²) in [5.74, 6) is 1.19. The minimum absolute atomic E-state index is 0.666. The summed E-state index contributed by atoms with van der Waals surface area (Å²) in [5, 5.41) is 0. The average Bonchev–Trinajstić information content (AvgIpc) is 2.61. The Kier molecular flexibility index (Phi) is 4.60. The zero-order valence-corrected chi connectivity index (χ0v) is 11.0. The van der Waals surface area contributed by atoms with Gasteiger partial charge in [-0.3, -0.25) is 0 Å². The van der Waals surface area contributed by atoms with E-state index in [-0.39, 0.29) is 0 Å². The number of aromatic nitrogens is 2. The summed E-state index contributed by atoms with van der Waals surface area (Å²) >= 11 is 0. The second kappa shape index (κ2) is 6.20. The van der Waals surface area contributed by atoms with E-state index in [4.69, 9.17) is 5.73 Å². The molecule has 1 aliphatic carbocycles. The van der Waals surface area contributed by atoms with Crippen LogP contribution in [-0.4, -0.2) is 16.1 Å². The Balaban J connectivity index is 2.14. The Morgan fingerprint density at radius 1 is 1.24 bits per heavy atom. The normalized spacial score (nSPS) is 18.9. The van der Waals surface area contributed by atoms with Gasteiger partial charge in [0.2, 0.25) is 0 Å². The second-order valence-corrected chi connectivity index (χ2v) is 5.22. The number of imidazole rings is 1. The Bertz CT molecular complexity index is 335. The molecule has 1 aromatic heterocycles. The molecule has 3 nitrogen and oxygen atoms in total. The molecule has 0 unspecified atom stereocenters. The van der Waals surface area contributed by atoms with Crippen LogP contribution in [0.1, 0.15) is 62.5 Å². The summed E-state index contributed by atoms with van der Waals surface area (Å²) in [7, 11) is 0. The van der Waals surface area contributed by atoms with E-state index in [1.807, 2.05) is 6.20 Å². The van der Waals surface area contributed by atoms with Crippen molar-refractivity contribution in [1.82, 2.24) is 9.55 Å². The molecule has 3 heteroatoms. The third kappa shape index (κ3) is 3.09. The Morgan fingerprint density at radius 2 is 1.88 bits per heavy atom. The fourth-order valence-corrected chi connectivity index (χ4v) is 3.00. The number of hydrogen-bond acceptors (Lipinski definition) is 2. The summed E-state index contributed by atoms with van der Waals surface area (Å²) in [5.41, 5.74) is 6.98. The van der Waals surface area contributed by atoms with E-state index in [2.05, 4.69) is 16.5 Å². The highest BCUT2D eigenvalue weighted by Gasteiger charge is 2.17. The van der Waals surface area contributed by atoms with Gasteiger partial charge in [0.05, 0.1) is 0 Å². The SMILES string of the molecule is Cc1cnc(CCN)n1C1CCCCCCC1. The van der Waals surface area contributed by atoms with Gasteiger partial charge in [0.25, 0.3) is 0 Å². The minimum Gasteiger partial charge on any atom is -0.330 e. The van der Waals surface area contributed by atoms with E-state index in [9.17, 15) is 0 Å². The van der Waals surface area contributed by atoms with Crippen LogP contribution in [0.3, 0.4) is 0 Å². The highest BCUT2D eigenvalue weighted by Crippen LogP contribution is 2.28. The molecule has 2 N–H and O–H groups in total. The van der Waals surface area contributed by atoms with Crippen LogP contribution >= 0.6 is 0 Å². The molecule has 96 valence electrons. The monoisotopic (exact) mass is 235 g/mol. The van der Waals surface area contributed by atoms with Gasteiger partial charge in [-0.1, -0.05) is 32.1 Å². The first-order valence-electron chi connectivity index (χ1n) is 7.05. The van der Waals surface area contributed by atoms with Crippen molar-refractivity contribution >= 4 is 0 Å². The summed E-state index contributed by atoms with van der Waals surface area (Å²) in [6.07, 6.45) is 12.5. The van der Waals surface area contributed by atoms with Crippen LogP contribution < -0.4 is 5.73 Å². The van der Waals surface area contributed by atoms with Crippen molar-refractivity contribution in [1.29, 1.82) is 0 Å². The van der Waals surface area contributed by atoms with E-state index >= 15 is 0 Å². The molecular formula is C14H25N3. The smallest absolute Gasteiger partial charge is 0.110 e. The molecule has 0 radical (unpaired) electrons. The Morgan fingerprint density at radius 3 is 2.53 bits per heavy atom. The zero-order chi connectivity index (χ0) is 12.1. The number of rotatable bonds is 3. The molecular weight excluding hydrogens is 210 g/mol. The molecule has 1 aromatic rings. The van der Waals surface area contributed by atoms with Gasteiger partial charge in [-0.25, -0.2) is 4.98 Å². The fraction of sp³-hybridized carbons (Fsp3) is 0.786. The van der Waals surface area contributed by atoms with Gasteiger partial charge in [0.15, 0.2) is 0 Å². The highest BCUT2D eigenvalue weighted by molar-refractivity contribution is 5.06. The lowest BCUT2D eigenvalue weighted by Gasteiger charge is -2.24. The average molecular weight is 235 g/mol. The lowest BCUT2D eigenvalue weighted by molar-refractivity contribution is 0.360. The number of nitrogens with zero attached hydrogens (tertiary/aromatic N) is 2. The summed E-state index contributed by atoms with van der Waals surface area (Å²) in [6.45, 7) is 2.87. The zero-order valence-electron chi connectivity index (χ0n) is 11.0. The van der Waals surface area contributed by atoms with Gasteiger partial charge < -0.3 is 10.3 Å². The topological polar surface area (TPSA) is 43.8 Å². The van der Waals surface area contributed by atoms with Gasteiger partial charge in [0.1, 0.15) is 5.82 Å². The Hall–Kier alpha value is -0.830. The molecule has 0 saturated heterocycles. The van der Waals surface area contributed by atoms with Gasteiger partial charge in [0, 0.05) is 24.4 Å². The molecule has 1 heterocycles. The van der Waals surface area contributed by atoms with Crippen molar-refractivity contribution in [2.75, 3.05) is 6.54 Å². The van der Waals surface area contributed by atoms with E-state index in [0.717, 1.165) is 6.42 Å². The molecule has 0 atom stereocenters. The molecule has 0 aliphatic heterocycles. The van der Waals surface area contributed by atoms with E-state index in [1.54, 1.807) is 0 Å². The molecule has 0 aromatic carbocycles. The van der Waals surface area contributed by atoms with Gasteiger partial charge in [-0.2, -0.15) is 0 Å². The molecule has 0 bridgehead atoms. The number of nitrogens with two attached hydrogens (primary N) is 1. The lowest BCUT2D eigenvalue weighted by Crippen LogP contribution is -2.17. The van der Waals surface area contributed by atoms with Crippen LogP contribution in [-0.2, 0) is 6.42 Å². The number of hydrogen-bond donors (Lipinski definition) is 1. The van der Waals surface area contributed by atoms with Crippen LogP contribution in [0.4, 0.5) is 0 Å². The third-order valence-corrected chi connectivity index (χ3v) is 3.87. The second-order valence-electron chi connectivity index (χ2n) is 5.22. The van der Waals surface area contributed by atoms with Crippen LogP contribution in [0, 0.1) is 6.92 Å². The number of aryl methyl sites for hydroxylation is 1. The quantitative estimate of drug-likeness (QED) is 0.875. The molecule has 1 saturated carbocycles. The molecule has 2 rings (SSSR count). The van der Waals surface area contributed by atoms with Crippen LogP contribution in [0.25, 0.3) is 0 Å². The maximum atomic E-state index is 5.67. The minimum atomic E-state index is 0.666. The first kappa shape index (κ1) is 12.6. The van der Waals surface area contributed by atoms with E-state index in [0.29, 0.717) is 12.6 Å². The first-order chi connectivity index (χ1) is 8.33. The standard InChI is InChI=1S/C14H25N3/c1-12-11-16-14(9-10-15)17(12)13-7-5-3-2-4-6-8-13/h11,13H,2-10,15H2,1H3. The van der Waals surface area contributed by atoms with Crippen molar-refractivity contribution < 1.29 is 0 Å². The van der Waals surface area contributed by atoms with E-state index in [1.165, 1.54) is 56.5 Å². The maximum absolute atomic E-state index is 5.67. The first-order valence-corrected chi connectivity index (χ1v) is 7.05. The van der Waals surface area contributed by atoms with Crippen molar-refractivity contribution in [2.45, 2.75) is 64.3 Å². The summed E-state index contributed by atoms with van der Waals surface area (Å²) in [6, 6.07) is 0.666. The third-order valence-electron chi connectivity index (χ3n) is 3.87. The van der Waals surface area contributed by atoms with Crippen LogP contribution in [0.15, 0.2) is 6.20 Å². The molecule has 0 amide bonds. The largest absolute Gasteiger partial charge is 0.330 e. The molecule has 17 heavy (non-hydrogen) atoms.